The standard InChI is InChI=1S/C20H16N2/c21-22-18-8-4-3-7-16(18)20-17-12-14-6-2-1-5-13(14)11-15(17)9-10-19(20)22/h1-8,11-12H,9-10,21H2. The number of benzene rings is 3. The van der Waals surface area contributed by atoms with Gasteiger partial charge in [0, 0.05) is 16.6 Å². The Bertz CT molecular complexity index is 1040. The molecule has 0 atom stereocenters. The van der Waals surface area contributed by atoms with Crippen LogP contribution < -0.4 is 5.84 Å². The molecule has 4 aromatic rings. The van der Waals surface area contributed by atoms with Crippen LogP contribution in [-0.4, -0.2) is 4.68 Å². The quantitative estimate of drug-likeness (QED) is 0.480. The van der Waals surface area contributed by atoms with E-state index in [0.29, 0.717) is 0 Å². The lowest BCUT2D eigenvalue weighted by molar-refractivity contribution is 0.847. The molecule has 1 aliphatic rings. The summed E-state index contributed by atoms with van der Waals surface area (Å²) in [6, 6.07) is 21.7. The first-order chi connectivity index (χ1) is 10.8. The van der Waals surface area contributed by atoms with Gasteiger partial charge >= 0.3 is 0 Å². The molecule has 0 saturated heterocycles. The highest BCUT2D eigenvalue weighted by atomic mass is 15.3. The number of nitrogen functional groups attached to an aromatic ring is 1. The van der Waals surface area contributed by atoms with Crippen LogP contribution in [0.2, 0.25) is 0 Å². The van der Waals surface area contributed by atoms with Gasteiger partial charge in [0.1, 0.15) is 0 Å². The van der Waals surface area contributed by atoms with Crippen molar-refractivity contribution in [1.82, 2.24) is 4.68 Å². The Morgan fingerprint density at radius 2 is 1.55 bits per heavy atom. The molecule has 1 aromatic heterocycles. The molecule has 2 N–H and O–H groups in total. The number of aromatic nitrogens is 1. The summed E-state index contributed by atoms with van der Waals surface area (Å²) in [5, 5.41) is 3.88. The zero-order valence-corrected chi connectivity index (χ0v) is 12.2. The molecule has 1 heterocycles. The van der Waals surface area contributed by atoms with Gasteiger partial charge in [-0.05, 0) is 46.9 Å². The largest absolute Gasteiger partial charge is 0.339 e. The van der Waals surface area contributed by atoms with Crippen LogP contribution in [0.15, 0.2) is 60.7 Å². The van der Waals surface area contributed by atoms with Gasteiger partial charge < -0.3 is 5.84 Å². The average molecular weight is 284 g/mol. The summed E-state index contributed by atoms with van der Waals surface area (Å²) in [5.74, 6) is 6.35. The minimum atomic E-state index is 1.01. The van der Waals surface area contributed by atoms with Crippen molar-refractivity contribution in [3.05, 3.63) is 71.9 Å². The Hall–Kier alpha value is -2.74. The molecule has 0 fully saturated rings. The van der Waals surface area contributed by atoms with E-state index in [0.717, 1.165) is 18.4 Å². The molecule has 0 amide bonds. The van der Waals surface area contributed by atoms with Gasteiger partial charge in [0.05, 0.1) is 5.52 Å². The summed E-state index contributed by atoms with van der Waals surface area (Å²) < 4.78 is 1.88. The van der Waals surface area contributed by atoms with Gasteiger partial charge in [0.25, 0.3) is 0 Å². The molecule has 2 nitrogen and oxygen atoms in total. The molecule has 0 spiro atoms. The fourth-order valence-corrected chi connectivity index (χ4v) is 3.84. The summed E-state index contributed by atoms with van der Waals surface area (Å²) in [7, 11) is 0. The molecule has 2 heteroatoms. The van der Waals surface area contributed by atoms with Crippen molar-refractivity contribution < 1.29 is 0 Å². The highest BCUT2D eigenvalue weighted by molar-refractivity contribution is 6.02. The molecule has 0 aliphatic heterocycles. The van der Waals surface area contributed by atoms with E-state index in [1.54, 1.807) is 0 Å². The summed E-state index contributed by atoms with van der Waals surface area (Å²) in [5.41, 5.74) is 6.48. The summed E-state index contributed by atoms with van der Waals surface area (Å²) >= 11 is 0. The van der Waals surface area contributed by atoms with E-state index in [-0.39, 0.29) is 0 Å². The average Bonchev–Trinajstić information content (AvgIpc) is 2.87. The predicted molar refractivity (Wildman–Crippen MR) is 92.4 cm³/mol. The van der Waals surface area contributed by atoms with E-state index in [1.807, 2.05) is 4.68 Å². The van der Waals surface area contributed by atoms with E-state index in [2.05, 4.69) is 60.7 Å². The molecular formula is C20H16N2. The van der Waals surface area contributed by atoms with Crippen molar-refractivity contribution in [2.24, 2.45) is 0 Å². The Morgan fingerprint density at radius 1 is 0.818 bits per heavy atom. The Kier molecular flexibility index (Phi) is 2.23. The minimum absolute atomic E-state index is 1.01. The zero-order chi connectivity index (χ0) is 14.7. The predicted octanol–water partition coefficient (Wildman–Crippen LogP) is 4.27. The van der Waals surface area contributed by atoms with Crippen molar-refractivity contribution in [3.63, 3.8) is 0 Å². The van der Waals surface area contributed by atoms with Crippen molar-refractivity contribution in [2.45, 2.75) is 12.8 Å². The maximum atomic E-state index is 6.35. The first-order valence-electron chi connectivity index (χ1n) is 7.72. The second-order valence-electron chi connectivity index (χ2n) is 6.07. The van der Waals surface area contributed by atoms with E-state index < -0.39 is 0 Å². The fourth-order valence-electron chi connectivity index (χ4n) is 3.84. The minimum Gasteiger partial charge on any atom is -0.339 e. The third-order valence-electron chi connectivity index (χ3n) is 4.88. The Labute approximate surface area is 128 Å². The SMILES string of the molecule is Nn1c2c(c3ccccc31)-c1cc3ccccc3cc1CC2. The molecule has 1 aliphatic carbocycles. The van der Waals surface area contributed by atoms with Crippen molar-refractivity contribution in [2.75, 3.05) is 5.84 Å². The third kappa shape index (κ3) is 1.44. The van der Waals surface area contributed by atoms with Crippen molar-refractivity contribution >= 4 is 21.7 Å². The van der Waals surface area contributed by atoms with Gasteiger partial charge in [0.15, 0.2) is 0 Å². The second-order valence-corrected chi connectivity index (χ2v) is 6.07. The lowest BCUT2D eigenvalue weighted by Gasteiger charge is -2.19. The van der Waals surface area contributed by atoms with Gasteiger partial charge in [-0.3, -0.25) is 4.68 Å². The number of aryl methyl sites for hydroxylation is 1. The smallest absolute Gasteiger partial charge is 0.0699 e. The number of nitrogens with two attached hydrogens (primary N) is 1. The number of hydrogen-bond donors (Lipinski definition) is 1. The summed E-state index contributed by atoms with van der Waals surface area (Å²) in [4.78, 5) is 0. The first kappa shape index (κ1) is 11.9. The molecule has 5 rings (SSSR count). The normalized spacial score (nSPS) is 13.3. The topological polar surface area (TPSA) is 30.9 Å². The number of fused-ring (bicyclic) bond motifs is 6. The first-order valence-corrected chi connectivity index (χ1v) is 7.72. The maximum Gasteiger partial charge on any atom is 0.0699 e. The molecule has 22 heavy (non-hydrogen) atoms. The fraction of sp³-hybridized carbons (Fsp3) is 0.100. The molecule has 0 unspecified atom stereocenters. The van der Waals surface area contributed by atoms with Crippen molar-refractivity contribution in [3.8, 4) is 11.1 Å². The second kappa shape index (κ2) is 4.14. The van der Waals surface area contributed by atoms with Gasteiger partial charge in [-0.15, -0.1) is 0 Å². The molecule has 0 radical (unpaired) electrons. The maximum absolute atomic E-state index is 6.35. The molecule has 0 saturated carbocycles. The molecule has 3 aromatic carbocycles. The Morgan fingerprint density at radius 3 is 2.41 bits per heavy atom. The van der Waals surface area contributed by atoms with E-state index in [9.17, 15) is 0 Å². The zero-order valence-electron chi connectivity index (χ0n) is 12.2. The molecular weight excluding hydrogens is 268 g/mol. The lowest BCUT2D eigenvalue weighted by atomic mass is 9.86. The van der Waals surface area contributed by atoms with Gasteiger partial charge in [-0.2, -0.15) is 0 Å². The Balaban J connectivity index is 1.93. The number of para-hydroxylation sites is 1. The highest BCUT2D eigenvalue weighted by Gasteiger charge is 2.23. The molecule has 0 bridgehead atoms. The number of rotatable bonds is 0. The summed E-state index contributed by atoms with van der Waals surface area (Å²) in [6.45, 7) is 0. The van der Waals surface area contributed by atoms with Crippen LogP contribution in [0.1, 0.15) is 11.3 Å². The molecule has 106 valence electrons. The van der Waals surface area contributed by atoms with E-state index in [4.69, 9.17) is 5.84 Å². The van der Waals surface area contributed by atoms with Crippen LogP contribution in [0.4, 0.5) is 0 Å². The van der Waals surface area contributed by atoms with Gasteiger partial charge in [0.2, 0.25) is 0 Å². The van der Waals surface area contributed by atoms with Gasteiger partial charge in [-0.25, -0.2) is 0 Å². The van der Waals surface area contributed by atoms with Crippen LogP contribution in [0.25, 0.3) is 32.8 Å². The third-order valence-corrected chi connectivity index (χ3v) is 4.88. The van der Waals surface area contributed by atoms with Crippen LogP contribution in [-0.2, 0) is 12.8 Å². The lowest BCUT2D eigenvalue weighted by Crippen LogP contribution is -2.15. The number of nitrogens with zero attached hydrogens (tertiary/aromatic N) is 1. The monoisotopic (exact) mass is 284 g/mol. The van der Waals surface area contributed by atoms with Crippen LogP contribution >= 0.6 is 0 Å². The van der Waals surface area contributed by atoms with Crippen LogP contribution in [0.5, 0.6) is 0 Å². The van der Waals surface area contributed by atoms with Crippen LogP contribution in [0, 0.1) is 0 Å². The number of hydrogen-bond acceptors (Lipinski definition) is 1. The van der Waals surface area contributed by atoms with Crippen molar-refractivity contribution in [1.29, 1.82) is 0 Å². The van der Waals surface area contributed by atoms with E-state index in [1.165, 1.54) is 38.5 Å². The summed E-state index contributed by atoms with van der Waals surface area (Å²) in [6.07, 6.45) is 2.06. The van der Waals surface area contributed by atoms with E-state index >= 15 is 0 Å². The highest BCUT2D eigenvalue weighted by Crippen LogP contribution is 2.41. The van der Waals surface area contributed by atoms with Gasteiger partial charge in [-0.1, -0.05) is 48.5 Å². The van der Waals surface area contributed by atoms with Crippen LogP contribution in [0.3, 0.4) is 0 Å².